The van der Waals surface area contributed by atoms with E-state index in [-0.39, 0.29) is 5.97 Å². The third-order valence-electron chi connectivity index (χ3n) is 2.05. The van der Waals surface area contributed by atoms with Crippen molar-refractivity contribution >= 4 is 21.9 Å². The van der Waals surface area contributed by atoms with Crippen molar-refractivity contribution in [2.24, 2.45) is 0 Å². The molecular formula is C11H13BrO3. The van der Waals surface area contributed by atoms with Gasteiger partial charge in [0.25, 0.3) is 0 Å². The van der Waals surface area contributed by atoms with E-state index < -0.39 is 0 Å². The minimum Gasteiger partial charge on any atom is -0.496 e. The summed E-state index contributed by atoms with van der Waals surface area (Å²) < 4.78 is 10.8. The topological polar surface area (TPSA) is 35.5 Å². The SMILES string of the molecule is CCOC(=O)c1ccc(OC)c(C)c1Br. The molecule has 0 amide bonds. The molecule has 0 saturated carbocycles. The fourth-order valence-electron chi connectivity index (χ4n) is 1.25. The van der Waals surface area contributed by atoms with Crippen LogP contribution in [0.5, 0.6) is 5.75 Å². The van der Waals surface area contributed by atoms with E-state index in [0.717, 1.165) is 15.8 Å². The number of carbonyl (C=O) groups excluding carboxylic acids is 1. The van der Waals surface area contributed by atoms with Crippen LogP contribution in [0.2, 0.25) is 0 Å². The summed E-state index contributed by atoms with van der Waals surface area (Å²) in [5, 5.41) is 0. The van der Waals surface area contributed by atoms with E-state index in [0.29, 0.717) is 12.2 Å². The molecule has 0 radical (unpaired) electrons. The van der Waals surface area contributed by atoms with Gasteiger partial charge in [0.05, 0.1) is 19.3 Å². The molecule has 0 aliphatic rings. The van der Waals surface area contributed by atoms with Crippen LogP contribution in [0.25, 0.3) is 0 Å². The Morgan fingerprint density at radius 1 is 1.47 bits per heavy atom. The molecule has 0 spiro atoms. The van der Waals surface area contributed by atoms with Gasteiger partial charge < -0.3 is 9.47 Å². The van der Waals surface area contributed by atoms with Crippen LogP contribution in [0, 0.1) is 6.92 Å². The maximum atomic E-state index is 11.5. The summed E-state index contributed by atoms with van der Waals surface area (Å²) in [6.07, 6.45) is 0. The minimum absolute atomic E-state index is 0.324. The molecule has 0 bridgehead atoms. The van der Waals surface area contributed by atoms with Crippen molar-refractivity contribution in [3.8, 4) is 5.75 Å². The van der Waals surface area contributed by atoms with Gasteiger partial charge in [0.15, 0.2) is 0 Å². The predicted molar refractivity (Wildman–Crippen MR) is 61.4 cm³/mol. The summed E-state index contributed by atoms with van der Waals surface area (Å²) in [5.41, 5.74) is 1.42. The van der Waals surface area contributed by atoms with Gasteiger partial charge in [-0.3, -0.25) is 0 Å². The summed E-state index contributed by atoms with van der Waals surface area (Å²) in [5.74, 6) is 0.421. The molecule has 1 rings (SSSR count). The van der Waals surface area contributed by atoms with Gasteiger partial charge in [-0.2, -0.15) is 0 Å². The van der Waals surface area contributed by atoms with Crippen molar-refractivity contribution in [2.75, 3.05) is 13.7 Å². The first kappa shape index (κ1) is 12.0. The number of hydrogen-bond acceptors (Lipinski definition) is 3. The molecule has 0 heterocycles. The number of halogens is 1. The van der Waals surface area contributed by atoms with Gasteiger partial charge >= 0.3 is 5.97 Å². The molecule has 1 aromatic rings. The average Bonchev–Trinajstić information content (AvgIpc) is 2.22. The summed E-state index contributed by atoms with van der Waals surface area (Å²) in [6.45, 7) is 4.03. The van der Waals surface area contributed by atoms with Crippen molar-refractivity contribution < 1.29 is 14.3 Å². The summed E-state index contributed by atoms with van der Waals surface area (Å²) in [4.78, 5) is 11.5. The van der Waals surface area contributed by atoms with Crippen LogP contribution in [0.15, 0.2) is 16.6 Å². The smallest absolute Gasteiger partial charge is 0.339 e. The van der Waals surface area contributed by atoms with E-state index in [9.17, 15) is 4.79 Å². The van der Waals surface area contributed by atoms with Crippen LogP contribution in [-0.2, 0) is 4.74 Å². The Hall–Kier alpha value is -1.03. The Balaban J connectivity index is 3.11. The maximum Gasteiger partial charge on any atom is 0.339 e. The molecule has 0 aliphatic carbocycles. The summed E-state index contributed by atoms with van der Waals surface area (Å²) >= 11 is 3.36. The van der Waals surface area contributed by atoms with Gasteiger partial charge in [0, 0.05) is 10.0 Å². The molecule has 1 aromatic carbocycles. The van der Waals surface area contributed by atoms with Crippen LogP contribution < -0.4 is 4.74 Å². The second kappa shape index (κ2) is 5.16. The maximum absolute atomic E-state index is 11.5. The van der Waals surface area contributed by atoms with E-state index >= 15 is 0 Å². The highest BCUT2D eigenvalue weighted by Gasteiger charge is 2.14. The van der Waals surface area contributed by atoms with Crippen LogP contribution >= 0.6 is 15.9 Å². The fraction of sp³-hybridized carbons (Fsp3) is 0.364. The third-order valence-corrected chi connectivity index (χ3v) is 3.07. The van der Waals surface area contributed by atoms with Crippen molar-refractivity contribution in [3.05, 3.63) is 27.7 Å². The number of ether oxygens (including phenoxy) is 2. The lowest BCUT2D eigenvalue weighted by atomic mass is 10.1. The standard InChI is InChI=1S/C11H13BrO3/c1-4-15-11(13)8-5-6-9(14-3)7(2)10(8)12/h5-6H,4H2,1-3H3. The van der Waals surface area contributed by atoms with Crippen LogP contribution in [0.3, 0.4) is 0 Å². The van der Waals surface area contributed by atoms with Gasteiger partial charge in [-0.15, -0.1) is 0 Å². The second-order valence-electron chi connectivity index (χ2n) is 2.97. The largest absolute Gasteiger partial charge is 0.496 e. The normalized spacial score (nSPS) is 9.87. The Morgan fingerprint density at radius 2 is 2.13 bits per heavy atom. The first-order chi connectivity index (χ1) is 7.11. The Morgan fingerprint density at radius 3 is 2.67 bits per heavy atom. The number of hydrogen-bond donors (Lipinski definition) is 0. The molecule has 0 fully saturated rings. The highest BCUT2D eigenvalue weighted by atomic mass is 79.9. The zero-order chi connectivity index (χ0) is 11.4. The Labute approximate surface area is 97.5 Å². The first-order valence-corrected chi connectivity index (χ1v) is 5.41. The molecule has 15 heavy (non-hydrogen) atoms. The van der Waals surface area contributed by atoms with Gasteiger partial charge in [-0.25, -0.2) is 4.79 Å². The monoisotopic (exact) mass is 272 g/mol. The van der Waals surface area contributed by atoms with Crippen molar-refractivity contribution in [1.29, 1.82) is 0 Å². The zero-order valence-electron chi connectivity index (χ0n) is 8.96. The Kier molecular flexibility index (Phi) is 4.15. The van der Waals surface area contributed by atoms with Gasteiger partial charge in [0.2, 0.25) is 0 Å². The number of methoxy groups -OCH3 is 1. The van der Waals surface area contributed by atoms with E-state index in [1.165, 1.54) is 0 Å². The van der Waals surface area contributed by atoms with E-state index in [1.54, 1.807) is 26.2 Å². The van der Waals surface area contributed by atoms with E-state index in [4.69, 9.17) is 9.47 Å². The highest BCUT2D eigenvalue weighted by Crippen LogP contribution is 2.29. The summed E-state index contributed by atoms with van der Waals surface area (Å²) in [6, 6.07) is 3.44. The molecule has 82 valence electrons. The molecular weight excluding hydrogens is 260 g/mol. The van der Waals surface area contributed by atoms with E-state index in [2.05, 4.69) is 15.9 Å². The quantitative estimate of drug-likeness (QED) is 0.794. The fourth-order valence-corrected chi connectivity index (χ4v) is 1.74. The minimum atomic E-state index is -0.324. The van der Waals surface area contributed by atoms with E-state index in [1.807, 2.05) is 6.92 Å². The molecule has 0 N–H and O–H groups in total. The lowest BCUT2D eigenvalue weighted by Crippen LogP contribution is -2.06. The number of carbonyl (C=O) groups is 1. The molecule has 0 atom stereocenters. The molecule has 0 aliphatic heterocycles. The Bertz CT molecular complexity index is 374. The van der Waals surface area contributed by atoms with Crippen LogP contribution in [0.4, 0.5) is 0 Å². The van der Waals surface area contributed by atoms with Crippen LogP contribution in [-0.4, -0.2) is 19.7 Å². The molecule has 4 heteroatoms. The van der Waals surface area contributed by atoms with Crippen molar-refractivity contribution in [2.45, 2.75) is 13.8 Å². The van der Waals surface area contributed by atoms with Gasteiger partial charge in [-0.1, -0.05) is 0 Å². The lowest BCUT2D eigenvalue weighted by molar-refractivity contribution is 0.0525. The second-order valence-corrected chi connectivity index (χ2v) is 3.77. The number of benzene rings is 1. The third kappa shape index (κ3) is 2.50. The van der Waals surface area contributed by atoms with Crippen molar-refractivity contribution in [3.63, 3.8) is 0 Å². The predicted octanol–water partition coefficient (Wildman–Crippen LogP) is 2.94. The van der Waals surface area contributed by atoms with Crippen LogP contribution in [0.1, 0.15) is 22.8 Å². The molecule has 0 unspecified atom stereocenters. The van der Waals surface area contributed by atoms with Gasteiger partial charge in [0.1, 0.15) is 5.75 Å². The van der Waals surface area contributed by atoms with Gasteiger partial charge in [-0.05, 0) is 41.9 Å². The molecule has 3 nitrogen and oxygen atoms in total. The lowest BCUT2D eigenvalue weighted by Gasteiger charge is -2.10. The average molecular weight is 273 g/mol. The number of rotatable bonds is 3. The molecule has 0 aromatic heterocycles. The van der Waals surface area contributed by atoms with Crippen molar-refractivity contribution in [1.82, 2.24) is 0 Å². The summed E-state index contributed by atoms with van der Waals surface area (Å²) in [7, 11) is 1.60. The first-order valence-electron chi connectivity index (χ1n) is 4.62. The molecule has 0 saturated heterocycles. The highest BCUT2D eigenvalue weighted by molar-refractivity contribution is 9.10. The zero-order valence-corrected chi connectivity index (χ0v) is 10.6. The number of esters is 1.